The molecule has 0 saturated heterocycles. The monoisotopic (exact) mass is 284 g/mol. The fourth-order valence-corrected chi connectivity index (χ4v) is 2.43. The van der Waals surface area contributed by atoms with Crippen molar-refractivity contribution in [2.45, 2.75) is 0 Å². The molecular formula is C15H16N4O2. The third kappa shape index (κ3) is 2.15. The van der Waals surface area contributed by atoms with Crippen LogP contribution in [0.3, 0.4) is 0 Å². The van der Waals surface area contributed by atoms with E-state index in [-0.39, 0.29) is 5.69 Å². The van der Waals surface area contributed by atoms with Crippen molar-refractivity contribution in [2.75, 3.05) is 10.8 Å². The highest BCUT2D eigenvalue weighted by molar-refractivity contribution is 5.83. The predicted molar refractivity (Wildman–Crippen MR) is 83.3 cm³/mol. The van der Waals surface area contributed by atoms with Crippen LogP contribution in [-0.4, -0.2) is 14.3 Å². The summed E-state index contributed by atoms with van der Waals surface area (Å²) in [5.74, 6) is 0. The summed E-state index contributed by atoms with van der Waals surface area (Å²) in [4.78, 5) is 11.9. The first-order valence-corrected chi connectivity index (χ1v) is 6.53. The van der Waals surface area contributed by atoms with Gasteiger partial charge in [0.2, 0.25) is 0 Å². The van der Waals surface area contributed by atoms with Gasteiger partial charge in [-0.15, -0.1) is 0 Å². The minimum absolute atomic E-state index is 0.0559. The van der Waals surface area contributed by atoms with Crippen molar-refractivity contribution in [3.8, 4) is 0 Å². The van der Waals surface area contributed by atoms with E-state index < -0.39 is 0 Å². The maximum absolute atomic E-state index is 11.9. The van der Waals surface area contributed by atoms with Gasteiger partial charge in [-0.1, -0.05) is 12.1 Å². The molecule has 2 aromatic carbocycles. The van der Waals surface area contributed by atoms with Crippen LogP contribution < -0.4 is 16.5 Å². The Bertz CT molecular complexity index is 864. The Balaban J connectivity index is 2.06. The molecule has 0 amide bonds. The number of aryl methyl sites for hydroxylation is 2. The SMILES string of the molecule is Cn1c(=O)n(C)c2cc(Nc3ccccc3NO)ccc21. The molecule has 0 aliphatic carbocycles. The number of rotatable bonds is 3. The van der Waals surface area contributed by atoms with E-state index in [0.717, 1.165) is 22.4 Å². The molecule has 0 saturated carbocycles. The van der Waals surface area contributed by atoms with Crippen LogP contribution in [0.2, 0.25) is 0 Å². The molecule has 3 N–H and O–H groups in total. The number of benzene rings is 2. The van der Waals surface area contributed by atoms with Crippen LogP contribution in [-0.2, 0) is 14.1 Å². The van der Waals surface area contributed by atoms with Gasteiger partial charge in [0.15, 0.2) is 0 Å². The summed E-state index contributed by atoms with van der Waals surface area (Å²) < 4.78 is 3.22. The van der Waals surface area contributed by atoms with Crippen molar-refractivity contribution in [3.63, 3.8) is 0 Å². The van der Waals surface area contributed by atoms with Crippen LogP contribution >= 0.6 is 0 Å². The van der Waals surface area contributed by atoms with Gasteiger partial charge in [-0.25, -0.2) is 4.79 Å². The van der Waals surface area contributed by atoms with Gasteiger partial charge in [-0.2, -0.15) is 0 Å². The van der Waals surface area contributed by atoms with Crippen LogP contribution in [0.4, 0.5) is 17.1 Å². The lowest BCUT2D eigenvalue weighted by molar-refractivity contribution is 0.389. The van der Waals surface area contributed by atoms with Gasteiger partial charge < -0.3 is 5.32 Å². The summed E-state index contributed by atoms with van der Waals surface area (Å²) >= 11 is 0. The molecule has 0 fully saturated rings. The maximum atomic E-state index is 11.9. The molecule has 0 atom stereocenters. The Morgan fingerprint density at radius 1 is 0.952 bits per heavy atom. The molecule has 0 aliphatic rings. The number of nitrogens with zero attached hydrogens (tertiary/aromatic N) is 2. The smallest absolute Gasteiger partial charge is 0.328 e. The molecule has 0 spiro atoms. The van der Waals surface area contributed by atoms with Gasteiger partial charge in [0, 0.05) is 19.8 Å². The highest BCUT2D eigenvalue weighted by atomic mass is 16.5. The second kappa shape index (κ2) is 4.99. The molecule has 6 nitrogen and oxygen atoms in total. The third-order valence-corrected chi connectivity index (χ3v) is 3.60. The summed E-state index contributed by atoms with van der Waals surface area (Å²) in [6.45, 7) is 0. The first-order chi connectivity index (χ1) is 10.1. The molecule has 1 aromatic heterocycles. The van der Waals surface area contributed by atoms with Gasteiger partial charge in [-0.05, 0) is 30.3 Å². The molecule has 0 bridgehead atoms. The first-order valence-electron chi connectivity index (χ1n) is 6.53. The molecular weight excluding hydrogens is 268 g/mol. The maximum Gasteiger partial charge on any atom is 0.328 e. The van der Waals surface area contributed by atoms with Crippen molar-refractivity contribution >= 4 is 28.1 Å². The Kier molecular flexibility index (Phi) is 3.15. The number of para-hydroxylation sites is 2. The summed E-state index contributed by atoms with van der Waals surface area (Å²) in [6.07, 6.45) is 0. The molecule has 6 heteroatoms. The second-order valence-electron chi connectivity index (χ2n) is 4.89. The zero-order valence-electron chi connectivity index (χ0n) is 11.8. The predicted octanol–water partition coefficient (Wildman–Crippen LogP) is 2.42. The lowest BCUT2D eigenvalue weighted by atomic mass is 10.2. The van der Waals surface area contributed by atoms with Gasteiger partial charge in [0.1, 0.15) is 0 Å². The van der Waals surface area contributed by atoms with E-state index in [4.69, 9.17) is 5.21 Å². The van der Waals surface area contributed by atoms with Crippen LogP contribution in [0.25, 0.3) is 11.0 Å². The van der Waals surface area contributed by atoms with E-state index >= 15 is 0 Å². The standard InChI is InChI=1S/C15H16N4O2/c1-18-13-8-7-10(9-14(13)19(2)15(18)20)16-11-5-3-4-6-12(11)17-21/h3-9,16-17,21H,1-2H3. The molecule has 21 heavy (non-hydrogen) atoms. The fraction of sp³-hybridized carbons (Fsp3) is 0.133. The molecule has 3 aromatic rings. The van der Waals surface area contributed by atoms with Crippen molar-refractivity contribution in [1.82, 2.24) is 9.13 Å². The zero-order chi connectivity index (χ0) is 15.0. The van der Waals surface area contributed by atoms with Gasteiger partial charge in [0.25, 0.3) is 0 Å². The Morgan fingerprint density at radius 2 is 1.62 bits per heavy atom. The average molecular weight is 284 g/mol. The van der Waals surface area contributed by atoms with Crippen LogP contribution in [0.1, 0.15) is 0 Å². The van der Waals surface area contributed by atoms with Crippen molar-refractivity contribution < 1.29 is 5.21 Å². The summed E-state index contributed by atoms with van der Waals surface area (Å²) in [6, 6.07) is 13.0. The van der Waals surface area contributed by atoms with Crippen LogP contribution in [0.5, 0.6) is 0 Å². The highest BCUT2D eigenvalue weighted by Crippen LogP contribution is 2.26. The number of aromatic nitrogens is 2. The van der Waals surface area contributed by atoms with E-state index in [9.17, 15) is 4.79 Å². The van der Waals surface area contributed by atoms with E-state index in [1.54, 1.807) is 29.3 Å². The Hall–Kier alpha value is -2.73. The number of fused-ring (bicyclic) bond motifs is 1. The fourth-order valence-electron chi connectivity index (χ4n) is 2.43. The van der Waals surface area contributed by atoms with Crippen LogP contribution in [0.15, 0.2) is 47.3 Å². The number of anilines is 3. The first kappa shape index (κ1) is 13.3. The van der Waals surface area contributed by atoms with Gasteiger partial charge in [-0.3, -0.25) is 19.8 Å². The molecule has 1 heterocycles. The Labute approximate surface area is 121 Å². The molecule has 0 unspecified atom stereocenters. The quantitative estimate of drug-likeness (QED) is 0.646. The minimum atomic E-state index is -0.0559. The largest absolute Gasteiger partial charge is 0.354 e. The zero-order valence-corrected chi connectivity index (χ0v) is 11.8. The summed E-state index contributed by atoms with van der Waals surface area (Å²) in [5.41, 5.74) is 6.00. The number of nitrogens with one attached hydrogen (secondary N) is 2. The minimum Gasteiger partial charge on any atom is -0.354 e. The van der Waals surface area contributed by atoms with Crippen molar-refractivity contribution in [2.24, 2.45) is 14.1 Å². The molecule has 0 aliphatic heterocycles. The van der Waals surface area contributed by atoms with E-state index in [1.807, 2.05) is 36.4 Å². The Morgan fingerprint density at radius 3 is 2.33 bits per heavy atom. The lowest BCUT2D eigenvalue weighted by Crippen LogP contribution is -2.19. The van der Waals surface area contributed by atoms with E-state index in [1.165, 1.54) is 0 Å². The molecule has 3 rings (SSSR count). The summed E-state index contributed by atoms with van der Waals surface area (Å²) in [7, 11) is 3.50. The van der Waals surface area contributed by atoms with E-state index in [0.29, 0.717) is 5.69 Å². The summed E-state index contributed by atoms with van der Waals surface area (Å²) in [5, 5.41) is 12.3. The topological polar surface area (TPSA) is 71.2 Å². The van der Waals surface area contributed by atoms with Gasteiger partial charge in [0.05, 0.1) is 22.4 Å². The molecule has 0 radical (unpaired) electrons. The van der Waals surface area contributed by atoms with Gasteiger partial charge >= 0.3 is 5.69 Å². The highest BCUT2D eigenvalue weighted by Gasteiger charge is 2.08. The third-order valence-electron chi connectivity index (χ3n) is 3.60. The average Bonchev–Trinajstić information content (AvgIpc) is 2.72. The lowest BCUT2D eigenvalue weighted by Gasteiger charge is -2.11. The van der Waals surface area contributed by atoms with E-state index in [2.05, 4.69) is 10.8 Å². The normalized spacial score (nSPS) is 10.8. The number of hydrogen-bond acceptors (Lipinski definition) is 4. The number of hydrogen-bond donors (Lipinski definition) is 3. The molecule has 108 valence electrons. The van der Waals surface area contributed by atoms with Crippen molar-refractivity contribution in [3.05, 3.63) is 52.9 Å². The number of imidazole rings is 1. The van der Waals surface area contributed by atoms with Crippen LogP contribution in [0, 0.1) is 0 Å². The second-order valence-corrected chi connectivity index (χ2v) is 4.89. The van der Waals surface area contributed by atoms with Crippen molar-refractivity contribution in [1.29, 1.82) is 0 Å².